The van der Waals surface area contributed by atoms with E-state index < -0.39 is 0 Å². The average molecular weight is 337 g/mol. The number of aromatic hydroxyl groups is 2. The van der Waals surface area contributed by atoms with Gasteiger partial charge in [-0.25, -0.2) is 0 Å². The molecular formula is C15H26Cl2N2O2. The number of nitrogens with one attached hydrogen (secondary N) is 1. The highest BCUT2D eigenvalue weighted by Crippen LogP contribution is 2.34. The van der Waals surface area contributed by atoms with Gasteiger partial charge in [0.15, 0.2) is 0 Å². The molecule has 1 aliphatic heterocycles. The van der Waals surface area contributed by atoms with E-state index in [1.165, 1.54) is 6.07 Å². The standard InChI is InChI=1S/C15H24N2O2.2ClH/c1-2-3-4-14(17-9-7-16-8-10-17)13-6-5-12(18)11-15(13)19;;/h5-6,11,14,16,18-19H,2-4,7-10H2,1H3;2*1H/t14-;;/m1../s1. The molecule has 3 N–H and O–H groups in total. The number of phenols is 2. The van der Waals surface area contributed by atoms with Gasteiger partial charge in [0.05, 0.1) is 0 Å². The van der Waals surface area contributed by atoms with Crippen LogP contribution in [0.4, 0.5) is 0 Å². The molecule has 2 rings (SSSR count). The fraction of sp³-hybridized carbons (Fsp3) is 0.600. The van der Waals surface area contributed by atoms with E-state index in [9.17, 15) is 10.2 Å². The van der Waals surface area contributed by atoms with Gasteiger partial charge >= 0.3 is 0 Å². The summed E-state index contributed by atoms with van der Waals surface area (Å²) in [6, 6.07) is 5.21. The largest absolute Gasteiger partial charge is 0.508 e. The monoisotopic (exact) mass is 336 g/mol. The summed E-state index contributed by atoms with van der Waals surface area (Å²) in [5.41, 5.74) is 0.938. The van der Waals surface area contributed by atoms with Gasteiger partial charge in [-0.2, -0.15) is 0 Å². The Balaban J connectivity index is 0.00000200. The lowest BCUT2D eigenvalue weighted by molar-refractivity contribution is 0.160. The normalized spacial score (nSPS) is 16.6. The van der Waals surface area contributed by atoms with E-state index >= 15 is 0 Å². The first-order chi connectivity index (χ1) is 9.22. The third-order valence-electron chi connectivity index (χ3n) is 3.80. The Morgan fingerprint density at radius 1 is 1.19 bits per heavy atom. The van der Waals surface area contributed by atoms with Gasteiger partial charge in [0, 0.05) is 43.9 Å². The zero-order chi connectivity index (χ0) is 13.7. The third kappa shape index (κ3) is 5.55. The summed E-state index contributed by atoms with van der Waals surface area (Å²) in [4.78, 5) is 2.43. The zero-order valence-corrected chi connectivity index (χ0v) is 14.1. The number of benzene rings is 1. The maximum Gasteiger partial charge on any atom is 0.124 e. The van der Waals surface area contributed by atoms with Crippen molar-refractivity contribution >= 4 is 24.8 Å². The predicted octanol–water partition coefficient (Wildman–Crippen LogP) is 3.08. The molecule has 0 spiro atoms. The van der Waals surface area contributed by atoms with Crippen LogP contribution in [0, 0.1) is 0 Å². The zero-order valence-electron chi connectivity index (χ0n) is 12.4. The van der Waals surface area contributed by atoms with Crippen molar-refractivity contribution in [3.63, 3.8) is 0 Å². The Morgan fingerprint density at radius 3 is 2.43 bits per heavy atom. The van der Waals surface area contributed by atoms with Crippen LogP contribution in [0.25, 0.3) is 0 Å². The van der Waals surface area contributed by atoms with Crippen LogP contribution in [0.2, 0.25) is 0 Å². The van der Waals surface area contributed by atoms with Crippen LogP contribution in [-0.2, 0) is 0 Å². The van der Waals surface area contributed by atoms with E-state index in [-0.39, 0.29) is 42.4 Å². The van der Waals surface area contributed by atoms with Gasteiger partial charge in [0.25, 0.3) is 0 Å². The second-order valence-corrected chi connectivity index (χ2v) is 5.19. The molecule has 0 amide bonds. The van der Waals surface area contributed by atoms with Crippen molar-refractivity contribution in [3.05, 3.63) is 23.8 Å². The van der Waals surface area contributed by atoms with Gasteiger partial charge in [-0.3, -0.25) is 4.90 Å². The number of hydrogen-bond acceptors (Lipinski definition) is 4. The molecule has 1 fully saturated rings. The molecule has 1 heterocycles. The lowest BCUT2D eigenvalue weighted by Crippen LogP contribution is -2.45. The Labute approximate surface area is 139 Å². The number of hydrogen-bond donors (Lipinski definition) is 3. The molecule has 21 heavy (non-hydrogen) atoms. The summed E-state index contributed by atoms with van der Waals surface area (Å²) >= 11 is 0. The van der Waals surface area contributed by atoms with E-state index in [4.69, 9.17) is 0 Å². The lowest BCUT2D eigenvalue weighted by atomic mass is 9.97. The van der Waals surface area contributed by atoms with Crippen molar-refractivity contribution in [3.8, 4) is 11.5 Å². The van der Waals surface area contributed by atoms with Crippen molar-refractivity contribution in [2.45, 2.75) is 32.2 Å². The summed E-state index contributed by atoms with van der Waals surface area (Å²) in [5.74, 6) is 0.329. The van der Waals surface area contributed by atoms with Crippen molar-refractivity contribution in [1.29, 1.82) is 0 Å². The smallest absolute Gasteiger partial charge is 0.124 e. The van der Waals surface area contributed by atoms with E-state index in [1.54, 1.807) is 6.07 Å². The molecule has 1 aromatic carbocycles. The highest BCUT2D eigenvalue weighted by molar-refractivity contribution is 5.85. The highest BCUT2D eigenvalue weighted by atomic mass is 35.5. The molecule has 122 valence electrons. The van der Waals surface area contributed by atoms with Crippen molar-refractivity contribution < 1.29 is 10.2 Å². The number of halogens is 2. The maximum atomic E-state index is 10.1. The van der Waals surface area contributed by atoms with Gasteiger partial charge < -0.3 is 15.5 Å². The van der Waals surface area contributed by atoms with E-state index in [0.717, 1.165) is 51.0 Å². The van der Waals surface area contributed by atoms with Gasteiger partial charge in [-0.1, -0.05) is 25.8 Å². The van der Waals surface area contributed by atoms with E-state index in [0.29, 0.717) is 0 Å². The fourth-order valence-corrected chi connectivity index (χ4v) is 2.74. The van der Waals surface area contributed by atoms with Crippen LogP contribution in [0.5, 0.6) is 11.5 Å². The molecule has 1 aliphatic rings. The molecule has 0 bridgehead atoms. The van der Waals surface area contributed by atoms with Crippen LogP contribution in [0.15, 0.2) is 18.2 Å². The molecule has 1 atom stereocenters. The third-order valence-corrected chi connectivity index (χ3v) is 3.80. The van der Waals surface area contributed by atoms with Crippen molar-refractivity contribution in [2.24, 2.45) is 0 Å². The van der Waals surface area contributed by atoms with Gasteiger partial charge in [-0.05, 0) is 12.5 Å². The quantitative estimate of drug-likeness (QED) is 0.773. The first-order valence-corrected chi connectivity index (χ1v) is 7.19. The Hall–Kier alpha value is -0.680. The summed E-state index contributed by atoms with van der Waals surface area (Å²) in [7, 11) is 0. The van der Waals surface area contributed by atoms with Gasteiger partial charge in [0.2, 0.25) is 0 Å². The molecule has 4 nitrogen and oxygen atoms in total. The fourth-order valence-electron chi connectivity index (χ4n) is 2.74. The minimum Gasteiger partial charge on any atom is -0.508 e. The molecule has 0 aliphatic carbocycles. The predicted molar refractivity (Wildman–Crippen MR) is 91.0 cm³/mol. The molecule has 0 radical (unpaired) electrons. The number of phenolic OH excluding ortho intramolecular Hbond substituents is 2. The highest BCUT2D eigenvalue weighted by Gasteiger charge is 2.23. The molecule has 6 heteroatoms. The van der Waals surface area contributed by atoms with E-state index in [1.807, 2.05) is 6.07 Å². The Bertz CT molecular complexity index is 413. The Kier molecular flexibility index (Phi) is 9.79. The molecule has 0 unspecified atom stereocenters. The Morgan fingerprint density at radius 2 is 1.86 bits per heavy atom. The first kappa shape index (κ1) is 20.3. The summed E-state index contributed by atoms with van der Waals surface area (Å²) in [6.07, 6.45) is 3.35. The summed E-state index contributed by atoms with van der Waals surface area (Å²) in [5, 5.41) is 22.9. The first-order valence-electron chi connectivity index (χ1n) is 7.19. The van der Waals surface area contributed by atoms with Crippen LogP contribution >= 0.6 is 24.8 Å². The molecule has 1 saturated heterocycles. The van der Waals surface area contributed by atoms with Crippen LogP contribution in [0.1, 0.15) is 37.8 Å². The van der Waals surface area contributed by atoms with E-state index in [2.05, 4.69) is 17.1 Å². The van der Waals surface area contributed by atoms with Crippen LogP contribution in [-0.4, -0.2) is 41.3 Å². The van der Waals surface area contributed by atoms with Crippen LogP contribution in [0.3, 0.4) is 0 Å². The minimum absolute atomic E-state index is 0. The average Bonchev–Trinajstić information content (AvgIpc) is 2.42. The summed E-state index contributed by atoms with van der Waals surface area (Å²) < 4.78 is 0. The van der Waals surface area contributed by atoms with Gasteiger partial charge in [-0.15, -0.1) is 24.8 Å². The van der Waals surface area contributed by atoms with Crippen molar-refractivity contribution in [2.75, 3.05) is 26.2 Å². The van der Waals surface area contributed by atoms with Gasteiger partial charge in [0.1, 0.15) is 11.5 Å². The maximum absolute atomic E-state index is 10.1. The van der Waals surface area contributed by atoms with Crippen LogP contribution < -0.4 is 5.32 Å². The second kappa shape index (κ2) is 10.1. The summed E-state index contributed by atoms with van der Waals surface area (Å²) in [6.45, 7) is 6.21. The minimum atomic E-state index is 0. The lowest BCUT2D eigenvalue weighted by Gasteiger charge is -2.35. The number of unbranched alkanes of at least 4 members (excludes halogenated alkanes) is 1. The number of nitrogens with zero attached hydrogens (tertiary/aromatic N) is 1. The number of rotatable bonds is 5. The molecular weight excluding hydrogens is 311 g/mol. The number of piperazine rings is 1. The molecule has 0 saturated carbocycles. The SMILES string of the molecule is CCCC[C@H](c1ccc(O)cc1O)N1CCNCC1.Cl.Cl. The van der Waals surface area contributed by atoms with Crippen molar-refractivity contribution in [1.82, 2.24) is 10.2 Å². The molecule has 0 aromatic heterocycles. The topological polar surface area (TPSA) is 55.7 Å². The second-order valence-electron chi connectivity index (χ2n) is 5.19. The molecule has 1 aromatic rings.